The van der Waals surface area contributed by atoms with E-state index in [-0.39, 0.29) is 5.97 Å². The van der Waals surface area contributed by atoms with Crippen molar-refractivity contribution in [2.75, 3.05) is 6.61 Å². The lowest BCUT2D eigenvalue weighted by Crippen LogP contribution is -2.04. The van der Waals surface area contributed by atoms with Crippen LogP contribution in [-0.2, 0) is 9.53 Å². The summed E-state index contributed by atoms with van der Waals surface area (Å²) in [7, 11) is 0. The van der Waals surface area contributed by atoms with Crippen LogP contribution in [0, 0.1) is 17.8 Å². The zero-order valence-corrected chi connectivity index (χ0v) is 21.4. The van der Waals surface area contributed by atoms with Gasteiger partial charge in [-0.1, -0.05) is 111 Å². The summed E-state index contributed by atoms with van der Waals surface area (Å²) in [6.45, 7) is 14.3. The van der Waals surface area contributed by atoms with E-state index in [1.807, 2.05) is 0 Å². The van der Waals surface area contributed by atoms with Gasteiger partial charge in [0.1, 0.15) is 6.61 Å². The summed E-state index contributed by atoms with van der Waals surface area (Å²) in [4.78, 5) is 11.7. The van der Waals surface area contributed by atoms with Crippen LogP contribution in [0.15, 0.2) is 11.6 Å². The first-order valence-electron chi connectivity index (χ1n) is 13.2. The summed E-state index contributed by atoms with van der Waals surface area (Å²) < 4.78 is 5.35. The van der Waals surface area contributed by atoms with Crippen LogP contribution < -0.4 is 0 Å². The molecular formula is C28H54O2. The number of ether oxygens (including phenoxy) is 1. The number of rotatable bonds is 20. The average Bonchev–Trinajstić information content (AvgIpc) is 2.67. The topological polar surface area (TPSA) is 26.3 Å². The largest absolute Gasteiger partial charge is 0.461 e. The Balaban J connectivity index is 3.66. The van der Waals surface area contributed by atoms with Gasteiger partial charge in [0.25, 0.3) is 0 Å². The Morgan fingerprint density at radius 2 is 1.30 bits per heavy atom. The van der Waals surface area contributed by atoms with Gasteiger partial charge in [0.2, 0.25) is 0 Å². The van der Waals surface area contributed by atoms with Crippen molar-refractivity contribution in [2.45, 2.75) is 138 Å². The summed E-state index contributed by atoms with van der Waals surface area (Å²) in [5, 5.41) is 0. The molecule has 0 saturated heterocycles. The van der Waals surface area contributed by atoms with Crippen molar-refractivity contribution in [2.24, 2.45) is 17.8 Å². The molecule has 2 unspecified atom stereocenters. The van der Waals surface area contributed by atoms with Gasteiger partial charge in [0.15, 0.2) is 0 Å². The van der Waals surface area contributed by atoms with Crippen LogP contribution in [0.25, 0.3) is 0 Å². The maximum atomic E-state index is 11.7. The molecule has 0 aliphatic carbocycles. The first-order valence-corrected chi connectivity index (χ1v) is 13.2. The minimum Gasteiger partial charge on any atom is -0.461 e. The van der Waals surface area contributed by atoms with Crippen molar-refractivity contribution < 1.29 is 9.53 Å². The van der Waals surface area contributed by atoms with Crippen LogP contribution in [0.1, 0.15) is 138 Å². The van der Waals surface area contributed by atoms with E-state index in [4.69, 9.17) is 4.74 Å². The molecule has 0 saturated carbocycles. The van der Waals surface area contributed by atoms with Gasteiger partial charge in [-0.3, -0.25) is 4.79 Å². The average molecular weight is 423 g/mol. The Morgan fingerprint density at radius 3 is 1.90 bits per heavy atom. The molecule has 2 atom stereocenters. The monoisotopic (exact) mass is 422 g/mol. The van der Waals surface area contributed by atoms with Gasteiger partial charge in [-0.05, 0) is 50.0 Å². The highest BCUT2D eigenvalue weighted by molar-refractivity contribution is 5.69. The van der Waals surface area contributed by atoms with Crippen LogP contribution in [-0.4, -0.2) is 12.6 Å². The fourth-order valence-electron chi connectivity index (χ4n) is 4.03. The first kappa shape index (κ1) is 29.2. The van der Waals surface area contributed by atoms with Crippen LogP contribution in [0.4, 0.5) is 0 Å². The number of unbranched alkanes of at least 4 members (excludes halogenated alkanes) is 4. The summed E-state index contributed by atoms with van der Waals surface area (Å²) in [6, 6.07) is 0. The van der Waals surface area contributed by atoms with Crippen LogP contribution in [0.5, 0.6) is 0 Å². The van der Waals surface area contributed by atoms with E-state index < -0.39 is 0 Å². The quantitative estimate of drug-likeness (QED) is 0.111. The fraction of sp³-hybridized carbons (Fsp3) is 0.893. The number of allylic oxidation sites excluding steroid dienone is 1. The van der Waals surface area contributed by atoms with E-state index in [1.54, 1.807) is 0 Å². The van der Waals surface area contributed by atoms with Crippen LogP contribution in [0.3, 0.4) is 0 Å². The second-order valence-electron chi connectivity index (χ2n) is 10.3. The molecule has 0 heterocycles. The Kier molecular flexibility index (Phi) is 19.6. The van der Waals surface area contributed by atoms with E-state index in [1.165, 1.54) is 76.2 Å². The molecule has 178 valence electrons. The van der Waals surface area contributed by atoms with Crippen LogP contribution in [0.2, 0.25) is 0 Å². The minimum atomic E-state index is -0.0393. The van der Waals surface area contributed by atoms with Crippen molar-refractivity contribution in [1.29, 1.82) is 0 Å². The van der Waals surface area contributed by atoms with Crippen molar-refractivity contribution in [3.05, 3.63) is 11.6 Å². The van der Waals surface area contributed by atoms with Crippen molar-refractivity contribution >= 4 is 5.97 Å². The summed E-state index contributed by atoms with van der Waals surface area (Å²) in [6.07, 6.45) is 20.5. The SMILES string of the molecule is CCCCCCCC(=O)OCC=C(C)CCCC(C)CCCC(C)CCCC(C)C. The lowest BCUT2D eigenvalue weighted by Gasteiger charge is -2.15. The molecule has 0 amide bonds. The summed E-state index contributed by atoms with van der Waals surface area (Å²) in [5.74, 6) is 2.52. The minimum absolute atomic E-state index is 0.0393. The van der Waals surface area contributed by atoms with Gasteiger partial charge in [0.05, 0.1) is 0 Å². The zero-order valence-electron chi connectivity index (χ0n) is 21.4. The second kappa shape index (κ2) is 20.1. The lowest BCUT2D eigenvalue weighted by molar-refractivity contribution is -0.142. The molecule has 30 heavy (non-hydrogen) atoms. The molecular weight excluding hydrogens is 368 g/mol. The van der Waals surface area contributed by atoms with Crippen LogP contribution >= 0.6 is 0 Å². The molecule has 0 rings (SSSR count). The molecule has 0 aliphatic rings. The van der Waals surface area contributed by atoms with Gasteiger partial charge in [-0.25, -0.2) is 0 Å². The van der Waals surface area contributed by atoms with Crippen molar-refractivity contribution in [3.8, 4) is 0 Å². The number of carbonyl (C=O) groups excluding carboxylic acids is 1. The molecule has 0 aliphatic heterocycles. The van der Waals surface area contributed by atoms with Gasteiger partial charge in [-0.15, -0.1) is 0 Å². The van der Waals surface area contributed by atoms with Gasteiger partial charge in [-0.2, -0.15) is 0 Å². The molecule has 0 radical (unpaired) electrons. The predicted molar refractivity (Wildman–Crippen MR) is 133 cm³/mol. The van der Waals surface area contributed by atoms with E-state index in [9.17, 15) is 4.79 Å². The fourth-order valence-corrected chi connectivity index (χ4v) is 4.03. The molecule has 2 nitrogen and oxygen atoms in total. The van der Waals surface area contributed by atoms with Crippen molar-refractivity contribution in [3.63, 3.8) is 0 Å². The molecule has 0 fully saturated rings. The third-order valence-corrected chi connectivity index (χ3v) is 6.30. The Hall–Kier alpha value is -0.790. The molecule has 2 heteroatoms. The predicted octanol–water partition coefficient (Wildman–Crippen LogP) is 9.28. The molecule has 0 bridgehead atoms. The van der Waals surface area contributed by atoms with Gasteiger partial charge < -0.3 is 4.74 Å². The highest BCUT2D eigenvalue weighted by Crippen LogP contribution is 2.22. The highest BCUT2D eigenvalue weighted by atomic mass is 16.5. The maximum Gasteiger partial charge on any atom is 0.306 e. The first-order chi connectivity index (χ1) is 14.3. The number of esters is 1. The third-order valence-electron chi connectivity index (χ3n) is 6.30. The standard InChI is InChI=1S/C28H54O2/c1-7-8-9-10-11-21-28(29)30-23-22-27(6)20-14-19-26(5)18-13-17-25(4)16-12-15-24(2)3/h22,24-26H,7-21,23H2,1-6H3. The lowest BCUT2D eigenvalue weighted by atomic mass is 9.91. The maximum absolute atomic E-state index is 11.7. The molecule has 0 aromatic rings. The van der Waals surface area contributed by atoms with E-state index >= 15 is 0 Å². The summed E-state index contributed by atoms with van der Waals surface area (Å²) >= 11 is 0. The Labute approximate surface area is 189 Å². The number of hydrogen-bond donors (Lipinski definition) is 0. The Morgan fingerprint density at radius 1 is 0.733 bits per heavy atom. The van der Waals surface area contributed by atoms with Gasteiger partial charge in [0, 0.05) is 6.42 Å². The van der Waals surface area contributed by atoms with Gasteiger partial charge >= 0.3 is 5.97 Å². The van der Waals surface area contributed by atoms with E-state index in [0.29, 0.717) is 13.0 Å². The van der Waals surface area contributed by atoms with E-state index in [2.05, 4.69) is 47.6 Å². The van der Waals surface area contributed by atoms with E-state index in [0.717, 1.165) is 37.0 Å². The zero-order chi connectivity index (χ0) is 22.6. The summed E-state index contributed by atoms with van der Waals surface area (Å²) in [5.41, 5.74) is 1.36. The number of carbonyl (C=O) groups is 1. The molecule has 0 N–H and O–H groups in total. The smallest absolute Gasteiger partial charge is 0.306 e. The molecule has 0 aromatic carbocycles. The number of hydrogen-bond acceptors (Lipinski definition) is 2. The normalized spacial score (nSPS) is 14.2. The van der Waals surface area contributed by atoms with Crippen molar-refractivity contribution in [1.82, 2.24) is 0 Å². The molecule has 0 spiro atoms. The third kappa shape index (κ3) is 20.5. The molecule has 0 aromatic heterocycles. The Bertz CT molecular complexity index is 424. The second-order valence-corrected chi connectivity index (χ2v) is 10.3. The highest BCUT2D eigenvalue weighted by Gasteiger charge is 2.07.